The number of piperidine rings is 1. The number of hydrogen-bond acceptors (Lipinski definition) is 3. The molecule has 0 bridgehead atoms. The van der Waals surface area contributed by atoms with Gasteiger partial charge in [-0.1, -0.05) is 42.5 Å². The van der Waals surface area contributed by atoms with Crippen LogP contribution in [0.15, 0.2) is 42.5 Å². The second-order valence-corrected chi connectivity index (χ2v) is 8.06. The Morgan fingerprint density at radius 1 is 1.16 bits per heavy atom. The Bertz CT molecular complexity index is 637. The Hall–Kier alpha value is -1.65. The molecular weight excluding hydrogens is 312 g/mol. The van der Waals surface area contributed by atoms with Gasteiger partial charge in [-0.3, -0.25) is 9.69 Å². The highest BCUT2D eigenvalue weighted by Gasteiger charge is 2.50. The van der Waals surface area contributed by atoms with Crippen LogP contribution in [-0.4, -0.2) is 53.6 Å². The van der Waals surface area contributed by atoms with E-state index >= 15 is 0 Å². The van der Waals surface area contributed by atoms with Crippen molar-refractivity contribution < 1.29 is 9.90 Å². The first-order valence-corrected chi connectivity index (χ1v) is 9.51. The zero-order valence-electron chi connectivity index (χ0n) is 14.8. The van der Waals surface area contributed by atoms with Crippen molar-refractivity contribution in [2.24, 2.45) is 17.3 Å². The van der Waals surface area contributed by atoms with E-state index in [1.165, 1.54) is 5.56 Å². The topological polar surface area (TPSA) is 43.8 Å². The van der Waals surface area contributed by atoms with Crippen molar-refractivity contribution in [2.75, 3.05) is 32.8 Å². The summed E-state index contributed by atoms with van der Waals surface area (Å²) in [4.78, 5) is 17.3. The Labute approximate surface area is 150 Å². The quantitative estimate of drug-likeness (QED) is 0.856. The molecule has 0 spiro atoms. The molecule has 2 saturated heterocycles. The van der Waals surface area contributed by atoms with Crippen LogP contribution in [0.3, 0.4) is 0 Å². The summed E-state index contributed by atoms with van der Waals surface area (Å²) in [6.07, 6.45) is 7.01. The lowest BCUT2D eigenvalue weighted by atomic mass is 9.73. The maximum atomic E-state index is 12.8. The zero-order valence-corrected chi connectivity index (χ0v) is 14.8. The van der Waals surface area contributed by atoms with Gasteiger partial charge in [0.2, 0.25) is 5.91 Å². The predicted molar refractivity (Wildman–Crippen MR) is 97.8 cm³/mol. The molecule has 2 fully saturated rings. The highest BCUT2D eigenvalue weighted by Crippen LogP contribution is 2.43. The number of hydrogen-bond donors (Lipinski definition) is 1. The number of carbonyl (C=O) groups excluding carboxylic acids is 1. The summed E-state index contributed by atoms with van der Waals surface area (Å²) in [5, 5.41) is 10.2. The van der Waals surface area contributed by atoms with Crippen molar-refractivity contribution in [3.8, 4) is 0 Å². The Morgan fingerprint density at radius 2 is 1.92 bits per heavy atom. The molecule has 2 heterocycles. The molecule has 1 aromatic carbocycles. The van der Waals surface area contributed by atoms with Crippen LogP contribution in [0.2, 0.25) is 0 Å². The van der Waals surface area contributed by atoms with E-state index < -0.39 is 0 Å². The molecule has 4 nitrogen and oxygen atoms in total. The normalized spacial score (nSPS) is 30.0. The van der Waals surface area contributed by atoms with Gasteiger partial charge in [-0.05, 0) is 30.7 Å². The number of benzene rings is 1. The highest BCUT2D eigenvalue weighted by molar-refractivity contribution is 5.79. The van der Waals surface area contributed by atoms with E-state index in [2.05, 4.69) is 41.3 Å². The fourth-order valence-electron chi connectivity index (χ4n) is 4.95. The predicted octanol–water partition coefficient (Wildman–Crippen LogP) is 2.30. The summed E-state index contributed by atoms with van der Waals surface area (Å²) in [6.45, 7) is 4.59. The minimum absolute atomic E-state index is 0.133. The molecule has 2 atom stereocenters. The van der Waals surface area contributed by atoms with Gasteiger partial charge in [0, 0.05) is 44.1 Å². The van der Waals surface area contributed by atoms with Crippen LogP contribution in [0.4, 0.5) is 0 Å². The number of aliphatic hydroxyl groups is 1. The van der Waals surface area contributed by atoms with Gasteiger partial charge >= 0.3 is 0 Å². The largest absolute Gasteiger partial charge is 0.396 e. The minimum atomic E-state index is -0.144. The first-order valence-electron chi connectivity index (χ1n) is 9.51. The third-order valence-corrected chi connectivity index (χ3v) is 6.37. The van der Waals surface area contributed by atoms with Crippen LogP contribution in [0.5, 0.6) is 0 Å². The molecule has 0 radical (unpaired) electrons. The monoisotopic (exact) mass is 340 g/mol. The molecular formula is C21H28N2O2. The van der Waals surface area contributed by atoms with Crippen molar-refractivity contribution in [3.63, 3.8) is 0 Å². The van der Waals surface area contributed by atoms with Gasteiger partial charge in [-0.15, -0.1) is 0 Å². The first kappa shape index (κ1) is 16.8. The van der Waals surface area contributed by atoms with Gasteiger partial charge in [0.25, 0.3) is 0 Å². The van der Waals surface area contributed by atoms with Gasteiger partial charge in [-0.25, -0.2) is 0 Å². The van der Waals surface area contributed by atoms with Crippen LogP contribution in [-0.2, 0) is 11.3 Å². The van der Waals surface area contributed by atoms with E-state index in [-0.39, 0.29) is 23.8 Å². The van der Waals surface area contributed by atoms with Crippen LogP contribution in [0, 0.1) is 17.3 Å². The first-order chi connectivity index (χ1) is 12.2. The number of allylic oxidation sites excluding steroid dienone is 2. The van der Waals surface area contributed by atoms with Crippen molar-refractivity contribution in [1.82, 2.24) is 9.80 Å². The third-order valence-electron chi connectivity index (χ3n) is 6.37. The molecule has 4 heteroatoms. The molecule has 134 valence electrons. The molecule has 1 amide bonds. The van der Waals surface area contributed by atoms with E-state index in [0.717, 1.165) is 52.0 Å². The van der Waals surface area contributed by atoms with Gasteiger partial charge in [0.1, 0.15) is 0 Å². The van der Waals surface area contributed by atoms with Gasteiger partial charge in [-0.2, -0.15) is 0 Å². The lowest BCUT2D eigenvalue weighted by molar-refractivity contribution is -0.140. The molecule has 1 aromatic rings. The second-order valence-electron chi connectivity index (χ2n) is 8.06. The van der Waals surface area contributed by atoms with E-state index in [1.54, 1.807) is 0 Å². The summed E-state index contributed by atoms with van der Waals surface area (Å²) in [5.41, 5.74) is 1.17. The lowest BCUT2D eigenvalue weighted by Gasteiger charge is -2.44. The summed E-state index contributed by atoms with van der Waals surface area (Å²) < 4.78 is 0. The summed E-state index contributed by atoms with van der Waals surface area (Å²) >= 11 is 0. The number of nitrogens with zero attached hydrogens (tertiary/aromatic N) is 2. The molecule has 2 unspecified atom stereocenters. The number of carbonyl (C=O) groups is 1. The van der Waals surface area contributed by atoms with Crippen molar-refractivity contribution in [3.05, 3.63) is 48.0 Å². The van der Waals surface area contributed by atoms with Crippen molar-refractivity contribution in [1.29, 1.82) is 0 Å². The molecule has 25 heavy (non-hydrogen) atoms. The second kappa shape index (κ2) is 6.93. The average molecular weight is 340 g/mol. The summed E-state index contributed by atoms with van der Waals surface area (Å²) in [5.74, 6) is 0.916. The standard InChI is InChI=1S/C21H28N2O2/c24-16-21-14-22(12-17-6-2-1-3-7-17)13-19(21)10-11-23(15-21)20(25)18-8-4-5-9-18/h1-7,18-19,24H,8-16H2. The SMILES string of the molecule is O=C(C1CC=CC1)N1CCC2CN(Cc3ccccc3)CC2(CO)C1. The lowest BCUT2D eigenvalue weighted by Crippen LogP contribution is -2.53. The minimum Gasteiger partial charge on any atom is -0.396 e. The molecule has 0 aromatic heterocycles. The third kappa shape index (κ3) is 3.25. The molecule has 4 rings (SSSR count). The fraction of sp³-hybridized carbons (Fsp3) is 0.571. The van der Waals surface area contributed by atoms with E-state index in [1.807, 2.05) is 11.0 Å². The van der Waals surface area contributed by atoms with E-state index in [4.69, 9.17) is 0 Å². The Kier molecular flexibility index (Phi) is 4.65. The zero-order chi connectivity index (χ0) is 17.3. The van der Waals surface area contributed by atoms with E-state index in [9.17, 15) is 9.90 Å². The van der Waals surface area contributed by atoms with E-state index in [0.29, 0.717) is 5.92 Å². The molecule has 1 N–H and O–H groups in total. The molecule has 3 aliphatic rings. The molecule has 0 saturated carbocycles. The van der Waals surface area contributed by atoms with Crippen molar-refractivity contribution >= 4 is 5.91 Å². The number of likely N-dealkylation sites (tertiary alicyclic amines) is 2. The maximum Gasteiger partial charge on any atom is 0.226 e. The fourth-order valence-corrected chi connectivity index (χ4v) is 4.95. The van der Waals surface area contributed by atoms with Crippen LogP contribution in [0.25, 0.3) is 0 Å². The van der Waals surface area contributed by atoms with Gasteiger partial charge in [0.05, 0.1) is 6.61 Å². The average Bonchev–Trinajstić information content (AvgIpc) is 3.29. The Morgan fingerprint density at radius 3 is 2.64 bits per heavy atom. The van der Waals surface area contributed by atoms with Crippen molar-refractivity contribution in [2.45, 2.75) is 25.8 Å². The van der Waals surface area contributed by atoms with Gasteiger partial charge in [0.15, 0.2) is 0 Å². The highest BCUT2D eigenvalue weighted by atomic mass is 16.3. The molecule has 2 aliphatic heterocycles. The number of rotatable bonds is 4. The van der Waals surface area contributed by atoms with Gasteiger partial charge < -0.3 is 10.0 Å². The molecule has 1 aliphatic carbocycles. The number of aliphatic hydroxyl groups excluding tert-OH is 1. The number of amides is 1. The van der Waals surface area contributed by atoms with Crippen LogP contribution < -0.4 is 0 Å². The maximum absolute atomic E-state index is 12.8. The van der Waals surface area contributed by atoms with Crippen LogP contribution in [0.1, 0.15) is 24.8 Å². The summed E-state index contributed by atoms with van der Waals surface area (Å²) in [7, 11) is 0. The Balaban J connectivity index is 1.44. The smallest absolute Gasteiger partial charge is 0.226 e. The summed E-state index contributed by atoms with van der Waals surface area (Å²) in [6, 6.07) is 10.5. The number of fused-ring (bicyclic) bond motifs is 1. The van der Waals surface area contributed by atoms with Crippen LogP contribution >= 0.6 is 0 Å².